The van der Waals surface area contributed by atoms with Gasteiger partial charge in [-0.2, -0.15) is 0 Å². The first-order chi connectivity index (χ1) is 24.7. The molecule has 0 aliphatic heterocycles. The van der Waals surface area contributed by atoms with Crippen molar-refractivity contribution in [2.24, 2.45) is 10.8 Å². The molecule has 3 N–H and O–H groups in total. The van der Waals surface area contributed by atoms with Gasteiger partial charge in [-0.1, -0.05) is 146 Å². The van der Waals surface area contributed by atoms with E-state index in [4.69, 9.17) is 22.2 Å². The minimum Gasteiger partial charge on any atom is -0.488 e. The molecule has 0 aromatic heterocycles. The third kappa shape index (κ3) is 24.1. The molecule has 3 aromatic carbocycles. The molecule has 1 amide bonds. The lowest BCUT2D eigenvalue weighted by molar-refractivity contribution is 0.0951. The number of carbonyl (C=O) groups is 1. The van der Waals surface area contributed by atoms with Crippen molar-refractivity contribution in [3.8, 4) is 5.75 Å². The fourth-order valence-electron chi connectivity index (χ4n) is 5.76. The summed E-state index contributed by atoms with van der Waals surface area (Å²) in [6, 6.07) is 26.4. The van der Waals surface area contributed by atoms with Gasteiger partial charge < -0.3 is 10.1 Å². The molecular formula is C45H73ClN4O2. The topological polar surface area (TPSA) is 80.0 Å². The second kappa shape index (κ2) is 32.5. The molecule has 3 rings (SSSR count). The second-order valence-electron chi connectivity index (χ2n) is 13.4. The van der Waals surface area contributed by atoms with Crippen molar-refractivity contribution in [2.75, 3.05) is 34.3 Å². The number of aryl methyl sites for hydroxylation is 1. The predicted octanol–water partition coefficient (Wildman–Crippen LogP) is 12.1. The average molecular weight is 738 g/mol. The van der Waals surface area contributed by atoms with Gasteiger partial charge in [0.15, 0.2) is 0 Å². The summed E-state index contributed by atoms with van der Waals surface area (Å²) in [5, 5.41) is 5.29. The van der Waals surface area contributed by atoms with E-state index in [1.165, 1.54) is 67.5 Å². The summed E-state index contributed by atoms with van der Waals surface area (Å²) in [7, 11) is 5.39. The maximum atomic E-state index is 13.0. The number of para-hydroxylation sites is 1. The number of ether oxygens (including phenoxy) is 1. The Balaban J connectivity index is 0.00000108. The number of aliphatic imine (C=N–C) groups is 1. The second-order valence-corrected chi connectivity index (χ2v) is 13.9. The number of halogens is 1. The fourth-order valence-corrected chi connectivity index (χ4v) is 5.94. The van der Waals surface area contributed by atoms with E-state index in [0.717, 1.165) is 68.5 Å². The predicted molar refractivity (Wildman–Crippen MR) is 228 cm³/mol. The van der Waals surface area contributed by atoms with E-state index in [9.17, 15) is 4.79 Å². The van der Waals surface area contributed by atoms with Crippen LogP contribution in [0.4, 0.5) is 0 Å². The summed E-state index contributed by atoms with van der Waals surface area (Å²) in [5.74, 6) is 6.33. The molecule has 0 bridgehead atoms. The van der Waals surface area contributed by atoms with Crippen LogP contribution in [0.3, 0.4) is 0 Å². The number of hydrazine groups is 1. The van der Waals surface area contributed by atoms with Crippen LogP contribution in [0.1, 0.15) is 145 Å². The zero-order valence-corrected chi connectivity index (χ0v) is 33.5. The van der Waals surface area contributed by atoms with Gasteiger partial charge in [0.2, 0.25) is 0 Å². The van der Waals surface area contributed by atoms with Crippen molar-refractivity contribution >= 4 is 23.2 Å². The molecule has 0 aliphatic carbocycles. The molecule has 3 aromatic rings. The summed E-state index contributed by atoms with van der Waals surface area (Å²) in [6.07, 6.45) is 17.6. The third-order valence-electron chi connectivity index (χ3n) is 8.55. The highest BCUT2D eigenvalue weighted by Gasteiger charge is 2.19. The highest BCUT2D eigenvalue weighted by molar-refractivity contribution is 6.31. The summed E-state index contributed by atoms with van der Waals surface area (Å²) in [4.78, 5) is 17.2. The number of unbranched alkanes of at least 4 members (excludes halogenated alkanes) is 7. The Hall–Kier alpha value is -3.19. The van der Waals surface area contributed by atoms with Crippen molar-refractivity contribution in [2.45, 2.75) is 130 Å². The van der Waals surface area contributed by atoms with Crippen LogP contribution in [0.15, 0.2) is 83.9 Å². The van der Waals surface area contributed by atoms with Gasteiger partial charge in [-0.05, 0) is 86.3 Å². The van der Waals surface area contributed by atoms with Gasteiger partial charge in [-0.15, -0.1) is 0 Å². The minimum atomic E-state index is 0. The Bertz CT molecular complexity index is 1300. The molecule has 52 heavy (non-hydrogen) atoms. The number of nitrogens with two attached hydrogens (primary N) is 1. The van der Waals surface area contributed by atoms with Crippen LogP contribution in [0.25, 0.3) is 0 Å². The van der Waals surface area contributed by atoms with Crippen molar-refractivity contribution in [3.63, 3.8) is 0 Å². The van der Waals surface area contributed by atoms with Crippen LogP contribution in [0, 0.1) is 0 Å². The Morgan fingerprint density at radius 3 is 2.04 bits per heavy atom. The molecule has 0 fully saturated rings. The molecule has 292 valence electrons. The van der Waals surface area contributed by atoms with Crippen molar-refractivity contribution in [1.29, 1.82) is 0 Å². The lowest BCUT2D eigenvalue weighted by Crippen LogP contribution is -2.26. The number of rotatable bonds is 22. The number of nitrogens with one attached hydrogen (secondary N) is 1. The normalized spacial score (nSPS) is 11.4. The van der Waals surface area contributed by atoms with Gasteiger partial charge in [-0.25, -0.2) is 0 Å². The monoisotopic (exact) mass is 737 g/mol. The smallest absolute Gasteiger partial charge is 0.251 e. The number of hydrogen-bond donors (Lipinski definition) is 2. The Kier molecular flexibility index (Phi) is 30.5. The molecule has 6 nitrogen and oxygen atoms in total. The zero-order chi connectivity index (χ0) is 37.5. The molecule has 0 spiro atoms. The number of amides is 1. The maximum Gasteiger partial charge on any atom is 0.251 e. The van der Waals surface area contributed by atoms with E-state index in [-0.39, 0.29) is 13.3 Å². The van der Waals surface area contributed by atoms with E-state index < -0.39 is 0 Å². The Morgan fingerprint density at radius 1 is 0.808 bits per heavy atom. The molecule has 7 heteroatoms. The van der Waals surface area contributed by atoms with Gasteiger partial charge in [0.25, 0.3) is 5.91 Å². The largest absolute Gasteiger partial charge is 0.488 e. The lowest BCUT2D eigenvalue weighted by Gasteiger charge is -2.20. The summed E-state index contributed by atoms with van der Waals surface area (Å²) >= 11 is 6.27. The van der Waals surface area contributed by atoms with Crippen LogP contribution in [0.5, 0.6) is 5.75 Å². The summed E-state index contributed by atoms with van der Waals surface area (Å²) in [5.41, 5.74) is 4.51. The lowest BCUT2D eigenvalue weighted by atomic mass is 9.86. The van der Waals surface area contributed by atoms with E-state index in [0.29, 0.717) is 17.5 Å². The summed E-state index contributed by atoms with van der Waals surface area (Å²) < 4.78 is 5.63. The average Bonchev–Trinajstić information content (AvgIpc) is 3.13. The fraction of sp³-hybridized carbons (Fsp3) is 0.556. The molecule has 0 saturated carbocycles. The van der Waals surface area contributed by atoms with Crippen LogP contribution >= 0.6 is 11.6 Å². The van der Waals surface area contributed by atoms with Crippen LogP contribution in [-0.2, 0) is 6.42 Å². The quantitative estimate of drug-likeness (QED) is 0.0466. The standard InChI is InChI=1S/C29H42ClNO.C13H19NO.C2H8N2.CH4/c1-3-5-10-19-25(15-4-2)27-21-20-26(30)23-28(27)29(32)31-22-14-8-6-7-11-16-24-17-12-9-13-18-24;1-3-4-8-12(14-2)11-15-13-9-6-5-7-10-13;1-4(2)3;/h9,12-13,17-18,20-21,23,25H,3-8,10-11,14-16,19,22H2,1-2H3,(H,31,32);5-7,9-10H,3-4,8,11H2,1-2H3;3H2,1-2H3;1H4. The maximum absolute atomic E-state index is 13.0. The van der Waals surface area contributed by atoms with Crippen LogP contribution in [0.2, 0.25) is 5.02 Å². The molecule has 0 saturated heterocycles. The minimum absolute atomic E-state index is 0. The highest BCUT2D eigenvalue weighted by Crippen LogP contribution is 2.31. The number of hydrogen-bond acceptors (Lipinski definition) is 5. The zero-order valence-electron chi connectivity index (χ0n) is 32.8. The van der Waals surface area contributed by atoms with Crippen molar-refractivity contribution in [1.82, 2.24) is 10.3 Å². The molecule has 1 unspecified atom stereocenters. The molecular weight excluding hydrogens is 664 g/mol. The third-order valence-corrected chi connectivity index (χ3v) is 8.78. The molecule has 1 atom stereocenters. The van der Waals surface area contributed by atoms with Gasteiger partial charge in [0.05, 0.1) is 0 Å². The SMILES string of the molecule is C.CCCCC(COc1ccccc1)=NC.CCCCCC(CCC)c1ccc(Cl)cc1C(=O)NCCCCCCCc1ccccc1.CN(C)N. The first-order valence-corrected chi connectivity index (χ1v) is 19.8. The van der Waals surface area contributed by atoms with Crippen LogP contribution in [-0.4, -0.2) is 50.9 Å². The molecule has 0 radical (unpaired) electrons. The first kappa shape index (κ1) is 48.8. The van der Waals surface area contributed by atoms with Crippen LogP contribution < -0.4 is 15.9 Å². The van der Waals surface area contributed by atoms with E-state index in [1.807, 2.05) is 49.5 Å². The molecule has 0 heterocycles. The van der Waals surface area contributed by atoms with Gasteiger partial charge >= 0.3 is 0 Å². The van der Waals surface area contributed by atoms with E-state index >= 15 is 0 Å². The number of carbonyl (C=O) groups excluding carboxylic acids is 1. The number of benzene rings is 3. The first-order valence-electron chi connectivity index (χ1n) is 19.4. The van der Waals surface area contributed by atoms with E-state index in [1.54, 1.807) is 14.1 Å². The molecule has 0 aliphatic rings. The van der Waals surface area contributed by atoms with E-state index in [2.05, 4.69) is 67.5 Å². The summed E-state index contributed by atoms with van der Waals surface area (Å²) in [6.45, 7) is 7.99. The van der Waals surface area contributed by atoms with Gasteiger partial charge in [0, 0.05) is 44.0 Å². The number of nitrogens with zero attached hydrogens (tertiary/aromatic N) is 2. The Labute approximate surface area is 324 Å². The van der Waals surface area contributed by atoms with Crippen molar-refractivity contribution in [3.05, 3.63) is 101 Å². The van der Waals surface area contributed by atoms with Crippen molar-refractivity contribution < 1.29 is 9.53 Å². The highest BCUT2D eigenvalue weighted by atomic mass is 35.5. The van der Waals surface area contributed by atoms with Gasteiger partial charge in [0.1, 0.15) is 12.4 Å². The Morgan fingerprint density at radius 2 is 1.42 bits per heavy atom. The van der Waals surface area contributed by atoms with Gasteiger partial charge in [-0.3, -0.25) is 20.6 Å².